The molecular formula is C84H122Cl4N12O17. The summed E-state index contributed by atoms with van der Waals surface area (Å²) in [7, 11) is 12.8. The second-order valence-corrected chi connectivity index (χ2v) is 28.5. The molecule has 8 amide bonds. The number of hydrogen-bond acceptors (Lipinski definition) is 20. The molecule has 648 valence electrons. The number of hydrogen-bond donors (Lipinski definition) is 0. The van der Waals surface area contributed by atoms with Crippen molar-refractivity contribution in [2.75, 3.05) is 240 Å². The molecule has 4 aromatic rings. The first-order valence-corrected chi connectivity index (χ1v) is 39.2. The molecule has 8 aliphatic rings. The average molecular weight is 1710 g/mol. The van der Waals surface area contributed by atoms with Gasteiger partial charge >= 0.3 is 0 Å². The van der Waals surface area contributed by atoms with E-state index in [9.17, 15) is 38.4 Å². The van der Waals surface area contributed by atoms with E-state index in [1.165, 1.54) is 0 Å². The maximum Gasteiger partial charge on any atom is 0.246 e. The number of likely N-dealkylation sites (tertiary alicyclic amines) is 4. The van der Waals surface area contributed by atoms with Crippen LogP contribution >= 0.6 is 49.6 Å². The van der Waals surface area contributed by atoms with Gasteiger partial charge in [0, 0.05) is 204 Å². The Kier molecular flexibility index (Phi) is 45.2. The van der Waals surface area contributed by atoms with Crippen LogP contribution in [0.15, 0.2) is 97.1 Å². The predicted octanol–water partition coefficient (Wildman–Crippen LogP) is 6.80. The number of rotatable bonds is 24. The van der Waals surface area contributed by atoms with Gasteiger partial charge in [0.2, 0.25) is 47.3 Å². The second-order valence-electron chi connectivity index (χ2n) is 28.5. The smallest absolute Gasteiger partial charge is 0.246 e. The largest absolute Gasteiger partial charge is 0.497 e. The third-order valence-corrected chi connectivity index (χ3v) is 21.4. The Hall–Kier alpha value is -9.04. The molecule has 0 radical (unpaired) electrons. The number of piperazine rings is 4. The van der Waals surface area contributed by atoms with Crippen LogP contribution in [0.25, 0.3) is 24.3 Å². The van der Waals surface area contributed by atoms with E-state index in [4.69, 9.17) is 37.9 Å². The van der Waals surface area contributed by atoms with Gasteiger partial charge in [-0.15, -0.1) is 49.6 Å². The molecule has 117 heavy (non-hydrogen) atoms. The van der Waals surface area contributed by atoms with Crippen LogP contribution in [0.5, 0.6) is 46.0 Å². The highest BCUT2D eigenvalue weighted by Gasteiger charge is 2.30. The van der Waals surface area contributed by atoms with Gasteiger partial charge < -0.3 is 82.6 Å². The molecule has 0 saturated carbocycles. The number of carbonyl (C=O) groups is 8. The second kappa shape index (κ2) is 52.7. The van der Waals surface area contributed by atoms with Crippen molar-refractivity contribution in [3.8, 4) is 46.0 Å². The number of halogens is 4. The van der Waals surface area contributed by atoms with Crippen LogP contribution in [0, 0.1) is 0 Å². The van der Waals surface area contributed by atoms with E-state index in [1.54, 1.807) is 105 Å². The summed E-state index contributed by atoms with van der Waals surface area (Å²) in [6, 6.07) is 21.9. The van der Waals surface area contributed by atoms with Crippen LogP contribution < -0.4 is 37.9 Å². The van der Waals surface area contributed by atoms with Crippen LogP contribution in [-0.2, 0) is 38.4 Å². The van der Waals surface area contributed by atoms with E-state index in [1.807, 2.05) is 112 Å². The molecule has 8 aliphatic heterocycles. The lowest BCUT2D eigenvalue weighted by molar-refractivity contribution is -0.134. The molecule has 2 N–H and O–H groups in total. The van der Waals surface area contributed by atoms with Crippen molar-refractivity contribution in [1.82, 2.24) is 58.8 Å². The first-order valence-electron chi connectivity index (χ1n) is 39.2. The Morgan fingerprint density at radius 2 is 0.419 bits per heavy atom. The van der Waals surface area contributed by atoms with Crippen LogP contribution in [0.1, 0.15) is 73.6 Å². The molecule has 8 saturated heterocycles. The van der Waals surface area contributed by atoms with E-state index in [2.05, 4.69) is 19.6 Å². The number of nitrogens with zero attached hydrogens (tertiary/aromatic N) is 12. The molecule has 0 aromatic heterocycles. The molecule has 0 aliphatic carbocycles. The Labute approximate surface area is 714 Å². The lowest BCUT2D eigenvalue weighted by Gasteiger charge is -2.34. The van der Waals surface area contributed by atoms with E-state index >= 15 is 0 Å². The number of benzene rings is 4. The SMILES string of the molecule is COc1ccc(OC)c(/C=C/C(=O)N2CCN(CC(=O)N3CCCC3)CC2)c1.COc1ccc(OC)c(/C=C/C(=O)N2CCN(CC(=O)N3CCCC3)CC2)c1.COc1ccc(OC)c(/C=C/C(=O)N2CCN(CC(=O)N3CCCC3)CC2)c1.COc1ccc(OC)c(/C=C/C(=O)N2CCN(CC(=O)N3CCCC3)CC2)c1.Cl.Cl.Cl.Cl.O. The van der Waals surface area contributed by atoms with Crippen LogP contribution in [0.2, 0.25) is 0 Å². The van der Waals surface area contributed by atoms with Gasteiger partial charge in [-0.25, -0.2) is 0 Å². The quantitative estimate of drug-likeness (QED) is 0.0652. The van der Waals surface area contributed by atoms with Gasteiger partial charge in [0.15, 0.2) is 0 Å². The summed E-state index contributed by atoms with van der Waals surface area (Å²) in [5, 5.41) is 0. The topological polar surface area (TPSA) is 281 Å². The Morgan fingerprint density at radius 3 is 0.573 bits per heavy atom. The van der Waals surface area contributed by atoms with Crippen molar-refractivity contribution >= 4 is 121 Å². The van der Waals surface area contributed by atoms with Crippen LogP contribution in [-0.4, -0.2) is 352 Å². The zero-order valence-electron chi connectivity index (χ0n) is 69.0. The van der Waals surface area contributed by atoms with Crippen molar-refractivity contribution in [1.29, 1.82) is 0 Å². The maximum absolute atomic E-state index is 12.5. The maximum atomic E-state index is 12.5. The summed E-state index contributed by atoms with van der Waals surface area (Å²) in [4.78, 5) is 123. The third-order valence-electron chi connectivity index (χ3n) is 21.4. The Morgan fingerprint density at radius 1 is 0.248 bits per heavy atom. The average Bonchev–Trinajstić information content (AvgIpc) is 0.987. The highest BCUT2D eigenvalue weighted by Crippen LogP contribution is 2.30. The highest BCUT2D eigenvalue weighted by atomic mass is 35.5. The van der Waals surface area contributed by atoms with E-state index in [-0.39, 0.29) is 102 Å². The monoisotopic (exact) mass is 1710 g/mol. The lowest BCUT2D eigenvalue weighted by atomic mass is 10.1. The predicted molar refractivity (Wildman–Crippen MR) is 462 cm³/mol. The number of ether oxygens (including phenoxy) is 8. The minimum Gasteiger partial charge on any atom is -0.497 e. The molecule has 8 fully saturated rings. The number of methoxy groups -OCH3 is 8. The fourth-order valence-corrected chi connectivity index (χ4v) is 14.5. The highest BCUT2D eigenvalue weighted by molar-refractivity contribution is 5.95. The Balaban J connectivity index is 0.000000324. The number of carbonyl (C=O) groups excluding carboxylic acids is 8. The fraction of sp³-hybridized carbons (Fsp3) is 0.524. The van der Waals surface area contributed by atoms with Gasteiger partial charge in [-0.3, -0.25) is 58.0 Å². The van der Waals surface area contributed by atoms with Gasteiger partial charge in [0.25, 0.3) is 0 Å². The van der Waals surface area contributed by atoms with Crippen LogP contribution in [0.4, 0.5) is 0 Å². The van der Waals surface area contributed by atoms with Gasteiger partial charge in [0.05, 0.1) is 83.1 Å². The van der Waals surface area contributed by atoms with Gasteiger partial charge in [-0.1, -0.05) is 0 Å². The first kappa shape index (κ1) is 100. The molecule has 12 rings (SSSR count). The lowest BCUT2D eigenvalue weighted by Crippen LogP contribution is -2.51. The zero-order chi connectivity index (χ0) is 79.7. The van der Waals surface area contributed by atoms with Crippen LogP contribution in [0.3, 0.4) is 0 Å². The fourth-order valence-electron chi connectivity index (χ4n) is 14.5. The minimum absolute atomic E-state index is 0. The van der Waals surface area contributed by atoms with Gasteiger partial charge in [-0.05, 0) is 148 Å². The Bertz CT molecular complexity index is 3400. The summed E-state index contributed by atoms with van der Waals surface area (Å²) in [5.74, 6) is 6.32. The molecular weight excluding hydrogens is 1590 g/mol. The standard InChI is InChI=1S/4C21H29N3O4.4ClH.H2O/c4*1-27-18-6-7-19(28-2)17(15-18)5-8-20(25)24-13-11-22(12-14-24)16-21(26)23-9-3-4-10-23;;;;;/h4*5-8,15H,3-4,9-14,16H2,1-2H3;4*1H;1H2/b4*8-5+;;;;;. The molecule has 8 heterocycles. The first-order chi connectivity index (χ1) is 54.4. The zero-order valence-corrected chi connectivity index (χ0v) is 72.3. The molecule has 0 unspecified atom stereocenters. The summed E-state index contributed by atoms with van der Waals surface area (Å²) >= 11 is 0. The molecule has 0 atom stereocenters. The summed E-state index contributed by atoms with van der Waals surface area (Å²) in [5.41, 5.74) is 3.19. The van der Waals surface area contributed by atoms with Crippen molar-refractivity contribution in [2.24, 2.45) is 0 Å². The van der Waals surface area contributed by atoms with E-state index < -0.39 is 0 Å². The third kappa shape index (κ3) is 31.0. The molecule has 0 spiro atoms. The van der Waals surface area contributed by atoms with Gasteiger partial charge in [0.1, 0.15) is 46.0 Å². The summed E-state index contributed by atoms with van der Waals surface area (Å²) < 4.78 is 42.3. The summed E-state index contributed by atoms with van der Waals surface area (Å²) in [6.07, 6.45) is 22.2. The molecule has 33 heteroatoms. The van der Waals surface area contributed by atoms with Gasteiger partial charge in [-0.2, -0.15) is 0 Å². The molecule has 4 aromatic carbocycles. The number of amides is 8. The van der Waals surface area contributed by atoms with E-state index in [0.717, 1.165) is 178 Å². The normalized spacial score (nSPS) is 17.2. The summed E-state index contributed by atoms with van der Waals surface area (Å²) in [6.45, 7) is 19.7. The van der Waals surface area contributed by atoms with E-state index in [0.29, 0.717) is 125 Å². The van der Waals surface area contributed by atoms with Crippen molar-refractivity contribution in [3.05, 3.63) is 119 Å². The molecule has 29 nitrogen and oxygen atoms in total. The minimum atomic E-state index is -0.0320. The molecule has 0 bridgehead atoms. The van der Waals surface area contributed by atoms with Crippen molar-refractivity contribution in [3.63, 3.8) is 0 Å². The van der Waals surface area contributed by atoms with Crippen molar-refractivity contribution in [2.45, 2.75) is 51.4 Å². The van der Waals surface area contributed by atoms with Crippen molar-refractivity contribution < 1.29 is 81.7 Å².